The van der Waals surface area contributed by atoms with E-state index in [9.17, 15) is 0 Å². The van der Waals surface area contributed by atoms with Crippen LogP contribution in [-0.2, 0) is 0 Å². The highest BCUT2D eigenvalue weighted by molar-refractivity contribution is 5.74. The first-order valence-electron chi connectivity index (χ1n) is 6.33. The molecule has 0 bridgehead atoms. The molecule has 0 aliphatic heterocycles. The number of para-hydroxylation sites is 4. The molecule has 3 N–H and O–H groups in total. The maximum Gasteiger partial charge on any atom is 0.0931 e. The van der Waals surface area contributed by atoms with Gasteiger partial charge in [0.15, 0.2) is 0 Å². The molecule has 2 aromatic heterocycles. The summed E-state index contributed by atoms with van der Waals surface area (Å²) in [5.41, 5.74) is 4.24. The van der Waals surface area contributed by atoms with Crippen LogP contribution in [0, 0.1) is 10.2 Å². The second-order valence-electron chi connectivity index (χ2n) is 4.24. The van der Waals surface area contributed by atoms with Gasteiger partial charge in [-0.25, -0.2) is 9.97 Å². The minimum atomic E-state index is -4.69. The van der Waals surface area contributed by atoms with Crippen molar-refractivity contribution >= 4 is 22.1 Å². The van der Waals surface area contributed by atoms with Crippen molar-refractivity contribution in [1.29, 1.82) is 0 Å². The molecule has 9 heteroatoms. The van der Waals surface area contributed by atoms with Crippen molar-refractivity contribution in [2.75, 3.05) is 0 Å². The second-order valence-corrected chi connectivity index (χ2v) is 5.03. The molecular formula is C14H13ClN4O4. The molecule has 0 aliphatic carbocycles. The number of imidazole rings is 2. The number of aromatic amines is 2. The second kappa shape index (κ2) is 7.68. The summed E-state index contributed by atoms with van der Waals surface area (Å²) in [5, 5.41) is 0. The first-order chi connectivity index (χ1) is 10.9. The van der Waals surface area contributed by atoms with E-state index in [1.54, 1.807) is 12.7 Å². The molecule has 0 radical (unpaired) electrons. The van der Waals surface area contributed by atoms with E-state index < -0.39 is 10.2 Å². The summed E-state index contributed by atoms with van der Waals surface area (Å²) in [7, 11) is -4.69. The normalized spacial score (nSPS) is 10.6. The van der Waals surface area contributed by atoms with Gasteiger partial charge in [-0.2, -0.15) is 14.0 Å². The molecule has 0 aliphatic rings. The van der Waals surface area contributed by atoms with Crippen LogP contribution in [0.5, 0.6) is 0 Å². The molecule has 0 unspecified atom stereocenters. The number of benzene rings is 2. The number of aromatic nitrogens is 4. The number of rotatable bonds is 0. The van der Waals surface area contributed by atoms with Crippen LogP contribution in [0.1, 0.15) is 0 Å². The lowest BCUT2D eigenvalue weighted by Gasteiger charge is -2.03. The fourth-order valence-corrected chi connectivity index (χ4v) is 1.76. The maximum atomic E-state index is 8.60. The highest BCUT2D eigenvalue weighted by Gasteiger charge is 1.98. The van der Waals surface area contributed by atoms with Gasteiger partial charge in [-0.3, -0.25) is 0 Å². The summed E-state index contributed by atoms with van der Waals surface area (Å²) in [6.45, 7) is 0. The van der Waals surface area contributed by atoms with Crippen molar-refractivity contribution in [3.05, 3.63) is 61.2 Å². The summed E-state index contributed by atoms with van der Waals surface area (Å²) >= 11 is 0. The van der Waals surface area contributed by atoms with Crippen molar-refractivity contribution in [2.24, 2.45) is 0 Å². The maximum absolute atomic E-state index is 8.60. The first kappa shape index (κ1) is 16.9. The number of nitrogens with zero attached hydrogens (tertiary/aromatic N) is 2. The predicted octanol–water partition coefficient (Wildman–Crippen LogP) is -0.998. The van der Waals surface area contributed by atoms with E-state index in [2.05, 4.69) is 19.9 Å². The van der Waals surface area contributed by atoms with Gasteiger partial charge in [0.05, 0.1) is 49.6 Å². The predicted molar refractivity (Wildman–Crippen MR) is 74.4 cm³/mol. The van der Waals surface area contributed by atoms with E-state index >= 15 is 0 Å². The molecule has 0 amide bonds. The molecule has 0 fully saturated rings. The van der Waals surface area contributed by atoms with Crippen LogP contribution in [0.4, 0.5) is 0 Å². The van der Waals surface area contributed by atoms with E-state index in [1.165, 1.54) is 0 Å². The van der Waals surface area contributed by atoms with Gasteiger partial charge in [-0.15, -0.1) is 0 Å². The molecule has 0 saturated carbocycles. The SMILES string of the molecule is [O-][Cl+3]([O-])([O-])O.c1ccc2[nH]cnc2c1.c1ccc2[nH]cnc2c1. The first-order valence-corrected chi connectivity index (χ1v) is 7.59. The zero-order chi connectivity index (χ0) is 16.7. The van der Waals surface area contributed by atoms with Crippen molar-refractivity contribution in [3.63, 3.8) is 0 Å². The van der Waals surface area contributed by atoms with Gasteiger partial charge in [-0.1, -0.05) is 24.3 Å². The third-order valence-electron chi connectivity index (χ3n) is 2.66. The average Bonchev–Trinajstić information content (AvgIpc) is 3.15. The highest BCUT2D eigenvalue weighted by Crippen LogP contribution is 2.06. The van der Waals surface area contributed by atoms with Crippen LogP contribution in [0.15, 0.2) is 61.2 Å². The fraction of sp³-hybridized carbons (Fsp3) is 0. The Labute approximate surface area is 132 Å². The molecule has 0 atom stereocenters. The minimum absolute atomic E-state index is 1.03. The quantitative estimate of drug-likeness (QED) is 0.375. The Morgan fingerprint density at radius 1 is 0.739 bits per heavy atom. The molecule has 2 aromatic carbocycles. The summed E-state index contributed by atoms with van der Waals surface area (Å²) in [4.78, 5) is 14.1. The zero-order valence-electron chi connectivity index (χ0n) is 11.7. The molecular weight excluding hydrogens is 324 g/mol. The Hall–Kier alpha value is -2.49. The Bertz CT molecular complexity index is 724. The lowest BCUT2D eigenvalue weighted by Crippen LogP contribution is -2.58. The lowest BCUT2D eigenvalue weighted by atomic mass is 10.3. The zero-order valence-corrected chi connectivity index (χ0v) is 12.5. The van der Waals surface area contributed by atoms with Crippen LogP contribution < -0.4 is 14.0 Å². The standard InChI is InChI=1S/2C7H6N2.ClHO4/c2*1-2-4-7-6(3-1)8-5-9-7;2-1(3,4)5/h2*1-5H,(H,8,9);(H,2,3,4,5). The van der Waals surface area contributed by atoms with E-state index in [0.29, 0.717) is 0 Å². The Morgan fingerprint density at radius 3 is 1.43 bits per heavy atom. The molecule has 23 heavy (non-hydrogen) atoms. The van der Waals surface area contributed by atoms with Crippen molar-refractivity contribution in [3.8, 4) is 0 Å². The third kappa shape index (κ3) is 6.02. The summed E-state index contributed by atoms with van der Waals surface area (Å²) in [6.07, 6.45) is 3.40. The smallest absolute Gasteiger partial charge is 0.0931 e. The molecule has 4 aromatic rings. The number of H-pyrrole nitrogens is 2. The number of hydrogen-bond acceptors (Lipinski definition) is 6. The topological polar surface area (TPSA) is 147 Å². The van der Waals surface area contributed by atoms with Crippen LogP contribution >= 0.6 is 0 Å². The lowest BCUT2D eigenvalue weighted by molar-refractivity contribution is -1.92. The summed E-state index contributed by atoms with van der Waals surface area (Å²) in [5.74, 6) is 0. The molecule has 2 heterocycles. The molecule has 0 spiro atoms. The van der Waals surface area contributed by atoms with Crippen LogP contribution in [0.2, 0.25) is 0 Å². The van der Waals surface area contributed by atoms with Crippen LogP contribution in [0.3, 0.4) is 0 Å². The summed E-state index contributed by atoms with van der Waals surface area (Å²) < 4.78 is 32.7. The molecule has 4 rings (SSSR count). The van der Waals surface area contributed by atoms with Crippen molar-refractivity contribution in [2.45, 2.75) is 0 Å². The van der Waals surface area contributed by atoms with Gasteiger partial charge in [0.2, 0.25) is 0 Å². The van der Waals surface area contributed by atoms with Gasteiger partial charge in [-0.05, 0) is 24.3 Å². The monoisotopic (exact) mass is 336 g/mol. The number of nitrogens with one attached hydrogen (secondary N) is 2. The van der Waals surface area contributed by atoms with Crippen molar-refractivity contribution in [1.82, 2.24) is 19.9 Å². The molecule has 0 saturated heterocycles. The fourth-order valence-electron chi connectivity index (χ4n) is 1.76. The number of halogens is 1. The minimum Gasteiger partial charge on any atom is -0.345 e. The van der Waals surface area contributed by atoms with Gasteiger partial charge >= 0.3 is 0 Å². The van der Waals surface area contributed by atoms with E-state index in [1.807, 2.05) is 48.5 Å². The van der Waals surface area contributed by atoms with E-state index in [-0.39, 0.29) is 0 Å². The largest absolute Gasteiger partial charge is 0.345 e. The van der Waals surface area contributed by atoms with Gasteiger partial charge in [0, 0.05) is 0 Å². The van der Waals surface area contributed by atoms with E-state index in [0.717, 1.165) is 22.1 Å². The highest BCUT2D eigenvalue weighted by atomic mass is 35.7. The molecule has 8 nitrogen and oxygen atoms in total. The van der Waals surface area contributed by atoms with Gasteiger partial charge in [0.25, 0.3) is 0 Å². The Balaban J connectivity index is 0.000000132. The van der Waals surface area contributed by atoms with Crippen molar-refractivity contribution < 1.29 is 28.9 Å². The van der Waals surface area contributed by atoms with Crippen LogP contribution in [0.25, 0.3) is 22.1 Å². The van der Waals surface area contributed by atoms with Crippen LogP contribution in [-0.4, -0.2) is 24.6 Å². The molecule has 120 valence electrons. The Morgan fingerprint density at radius 2 is 1.09 bits per heavy atom. The number of fused-ring (bicyclic) bond motifs is 2. The third-order valence-corrected chi connectivity index (χ3v) is 2.66. The van der Waals surface area contributed by atoms with E-state index in [4.69, 9.17) is 18.6 Å². The van der Waals surface area contributed by atoms with Gasteiger partial charge < -0.3 is 9.97 Å². The average molecular weight is 337 g/mol. The number of hydrogen-bond donors (Lipinski definition) is 3. The Kier molecular flexibility index (Phi) is 5.63. The summed E-state index contributed by atoms with van der Waals surface area (Å²) in [6, 6.07) is 15.9. The van der Waals surface area contributed by atoms with Gasteiger partial charge in [0.1, 0.15) is 0 Å².